The Morgan fingerprint density at radius 1 is 1.04 bits per heavy atom. The molecule has 0 aromatic heterocycles. The molecule has 134 valence electrons. The molecule has 0 aliphatic carbocycles. The lowest BCUT2D eigenvalue weighted by atomic mass is 10.0. The minimum Gasteiger partial charge on any atom is -0.496 e. The highest BCUT2D eigenvalue weighted by molar-refractivity contribution is 5.73. The maximum absolute atomic E-state index is 12.2. The topological polar surface area (TPSA) is 84.9 Å². The quantitative estimate of drug-likeness (QED) is 0.527. The predicted octanol–water partition coefficient (Wildman–Crippen LogP) is 3.03. The number of methoxy groups -OCH3 is 1. The van der Waals surface area contributed by atoms with Gasteiger partial charge in [-0.25, -0.2) is 0 Å². The molecule has 0 saturated heterocycles. The minimum absolute atomic E-state index is 0.0799. The van der Waals surface area contributed by atoms with E-state index < -0.39 is 6.61 Å². The van der Waals surface area contributed by atoms with E-state index in [0.29, 0.717) is 22.4 Å². The third-order valence-corrected chi connectivity index (χ3v) is 3.59. The molecule has 2 aromatic carbocycles. The summed E-state index contributed by atoms with van der Waals surface area (Å²) in [7, 11) is 1.48. The molecule has 0 amide bonds. The van der Waals surface area contributed by atoms with Gasteiger partial charge in [0.2, 0.25) is 0 Å². The van der Waals surface area contributed by atoms with Crippen molar-refractivity contribution in [3.63, 3.8) is 0 Å². The van der Waals surface area contributed by atoms with Crippen molar-refractivity contribution in [3.05, 3.63) is 52.6 Å². The Morgan fingerprint density at radius 3 is 2.32 bits per heavy atom. The van der Waals surface area contributed by atoms with Gasteiger partial charge < -0.3 is 25.4 Å². The van der Waals surface area contributed by atoms with E-state index in [0.717, 1.165) is 5.56 Å². The lowest BCUT2D eigenvalue weighted by molar-refractivity contribution is -0.0493. The zero-order valence-corrected chi connectivity index (χ0v) is 13.6. The van der Waals surface area contributed by atoms with Crippen molar-refractivity contribution in [2.24, 2.45) is 0 Å². The van der Waals surface area contributed by atoms with Gasteiger partial charge in [0, 0.05) is 5.56 Å². The number of benzene rings is 2. The van der Waals surface area contributed by atoms with Gasteiger partial charge in [0.15, 0.2) is 0 Å². The molecule has 0 unspecified atom stereocenters. The fourth-order valence-corrected chi connectivity index (χ4v) is 2.39. The summed E-state index contributed by atoms with van der Waals surface area (Å²) in [6.07, 6.45) is 3.49. The molecule has 0 saturated carbocycles. The molecular weight excluding hydrogens is 332 g/mol. The van der Waals surface area contributed by atoms with Crippen LogP contribution in [0.2, 0.25) is 0 Å². The number of alkyl halides is 2. The van der Waals surface area contributed by atoms with Gasteiger partial charge in [-0.1, -0.05) is 18.2 Å². The number of nitrogen functional groups attached to an aromatic ring is 1. The lowest BCUT2D eigenvalue weighted by Gasteiger charge is -2.12. The highest BCUT2D eigenvalue weighted by Gasteiger charge is 2.10. The number of rotatable bonds is 7. The first kappa shape index (κ1) is 18.7. The van der Waals surface area contributed by atoms with Crippen molar-refractivity contribution in [2.45, 2.75) is 19.8 Å². The zero-order valence-electron chi connectivity index (χ0n) is 13.6. The van der Waals surface area contributed by atoms with Gasteiger partial charge in [0.05, 0.1) is 26.0 Å². The molecule has 0 fully saturated rings. The molecule has 0 aliphatic rings. The van der Waals surface area contributed by atoms with Gasteiger partial charge in [-0.05, 0) is 41.0 Å². The van der Waals surface area contributed by atoms with E-state index >= 15 is 0 Å². The predicted molar refractivity (Wildman–Crippen MR) is 91.3 cm³/mol. The maximum Gasteiger partial charge on any atom is 0.387 e. The second-order valence-corrected chi connectivity index (χ2v) is 5.19. The van der Waals surface area contributed by atoms with E-state index in [2.05, 4.69) is 4.74 Å². The van der Waals surface area contributed by atoms with Gasteiger partial charge in [-0.15, -0.1) is 0 Å². The molecule has 0 aliphatic heterocycles. The number of aliphatic hydroxyl groups excluding tert-OH is 2. The van der Waals surface area contributed by atoms with Crippen molar-refractivity contribution in [3.8, 4) is 11.5 Å². The second-order valence-electron chi connectivity index (χ2n) is 5.19. The van der Waals surface area contributed by atoms with Crippen molar-refractivity contribution < 1.29 is 28.5 Å². The summed E-state index contributed by atoms with van der Waals surface area (Å²) in [5, 5.41) is 18.8. The minimum atomic E-state index is -2.93. The first-order valence-corrected chi connectivity index (χ1v) is 7.42. The van der Waals surface area contributed by atoms with Crippen LogP contribution < -0.4 is 15.2 Å². The van der Waals surface area contributed by atoms with Crippen LogP contribution in [0.15, 0.2) is 30.3 Å². The largest absolute Gasteiger partial charge is 0.496 e. The maximum atomic E-state index is 12.2. The fourth-order valence-electron chi connectivity index (χ4n) is 2.39. The van der Waals surface area contributed by atoms with Crippen molar-refractivity contribution in [1.82, 2.24) is 0 Å². The average molecular weight is 351 g/mol. The highest BCUT2D eigenvalue weighted by atomic mass is 19.3. The van der Waals surface area contributed by atoms with Gasteiger partial charge in [-0.3, -0.25) is 0 Å². The van der Waals surface area contributed by atoms with Crippen LogP contribution in [0.4, 0.5) is 14.5 Å². The van der Waals surface area contributed by atoms with E-state index in [1.54, 1.807) is 30.4 Å². The third kappa shape index (κ3) is 4.68. The number of nitrogens with two attached hydrogens (primary N) is 1. The van der Waals surface area contributed by atoms with Crippen LogP contribution in [0.1, 0.15) is 22.3 Å². The standard InChI is InChI=1S/C18H19F2NO4/c1-24-17-8-12(6-13(9-22)14(17)10-23)3-2-11-4-5-16(15(21)7-11)25-18(19)20/h2-8,18,22-23H,9-10,21H2,1H3/b3-2-. The Morgan fingerprint density at radius 2 is 1.76 bits per heavy atom. The molecule has 25 heavy (non-hydrogen) atoms. The van der Waals surface area contributed by atoms with Crippen molar-refractivity contribution in [2.75, 3.05) is 12.8 Å². The Labute approximate surface area is 143 Å². The summed E-state index contributed by atoms with van der Waals surface area (Å²) in [5.41, 5.74) is 8.31. The number of halogens is 2. The molecule has 4 N–H and O–H groups in total. The Balaban J connectivity index is 2.28. The SMILES string of the molecule is COc1cc(/C=C\c2ccc(OC(F)F)c(N)c2)cc(CO)c1CO. The van der Waals surface area contributed by atoms with Crippen LogP contribution in [0, 0.1) is 0 Å². The summed E-state index contributed by atoms with van der Waals surface area (Å²) in [6, 6.07) is 7.92. The summed E-state index contributed by atoms with van der Waals surface area (Å²) in [6.45, 7) is -3.41. The molecule has 0 bridgehead atoms. The van der Waals surface area contributed by atoms with Gasteiger partial charge in [0.1, 0.15) is 11.5 Å². The van der Waals surface area contributed by atoms with Crippen LogP contribution in [-0.4, -0.2) is 23.9 Å². The first-order chi connectivity index (χ1) is 12.0. The fraction of sp³-hybridized carbons (Fsp3) is 0.222. The summed E-state index contributed by atoms with van der Waals surface area (Å²) >= 11 is 0. The molecule has 2 rings (SSSR count). The van der Waals surface area contributed by atoms with Crippen LogP contribution in [0.5, 0.6) is 11.5 Å². The summed E-state index contributed by atoms with van der Waals surface area (Å²) in [5.74, 6) is 0.387. The lowest BCUT2D eigenvalue weighted by Crippen LogP contribution is -2.04. The number of hydrogen-bond donors (Lipinski definition) is 3. The summed E-state index contributed by atoms with van der Waals surface area (Å²) in [4.78, 5) is 0. The second kappa shape index (κ2) is 8.46. The average Bonchev–Trinajstić information content (AvgIpc) is 2.60. The normalized spacial score (nSPS) is 11.3. The Kier molecular flexibility index (Phi) is 6.32. The van der Waals surface area contributed by atoms with Crippen LogP contribution in [-0.2, 0) is 13.2 Å². The number of ether oxygens (including phenoxy) is 2. The molecule has 2 aromatic rings. The van der Waals surface area contributed by atoms with E-state index in [9.17, 15) is 19.0 Å². The van der Waals surface area contributed by atoms with Gasteiger partial charge in [0.25, 0.3) is 0 Å². The van der Waals surface area contributed by atoms with Crippen molar-refractivity contribution in [1.29, 1.82) is 0 Å². The monoisotopic (exact) mass is 351 g/mol. The Bertz CT molecular complexity index is 738. The molecule has 5 nitrogen and oxygen atoms in total. The Hall–Kier alpha value is -2.64. The number of aliphatic hydroxyl groups is 2. The van der Waals surface area contributed by atoms with Crippen LogP contribution in [0.3, 0.4) is 0 Å². The molecule has 0 atom stereocenters. The van der Waals surface area contributed by atoms with Gasteiger partial charge in [-0.2, -0.15) is 8.78 Å². The van der Waals surface area contributed by atoms with E-state index in [4.69, 9.17) is 10.5 Å². The summed E-state index contributed by atoms with van der Waals surface area (Å²) < 4.78 is 34.0. The molecule has 0 spiro atoms. The number of hydrogen-bond acceptors (Lipinski definition) is 5. The van der Waals surface area contributed by atoms with Crippen molar-refractivity contribution >= 4 is 17.8 Å². The first-order valence-electron chi connectivity index (χ1n) is 7.42. The molecule has 0 heterocycles. The van der Waals surface area contributed by atoms with E-state index in [1.165, 1.54) is 19.2 Å². The zero-order chi connectivity index (χ0) is 18.4. The van der Waals surface area contributed by atoms with E-state index in [1.807, 2.05) is 0 Å². The molecular formula is C18H19F2NO4. The smallest absolute Gasteiger partial charge is 0.387 e. The third-order valence-electron chi connectivity index (χ3n) is 3.59. The molecule has 7 heteroatoms. The highest BCUT2D eigenvalue weighted by Crippen LogP contribution is 2.28. The number of anilines is 1. The van der Waals surface area contributed by atoms with Gasteiger partial charge >= 0.3 is 6.61 Å². The van der Waals surface area contributed by atoms with Crippen LogP contribution >= 0.6 is 0 Å². The molecule has 0 radical (unpaired) electrons. The van der Waals surface area contributed by atoms with Crippen LogP contribution in [0.25, 0.3) is 12.2 Å². The van der Waals surface area contributed by atoms with E-state index in [-0.39, 0.29) is 24.7 Å².